The van der Waals surface area contributed by atoms with Crippen LogP contribution in [0.1, 0.15) is 60.3 Å². The van der Waals surface area contributed by atoms with E-state index in [9.17, 15) is 0 Å². The van der Waals surface area contributed by atoms with Crippen LogP contribution in [0.2, 0.25) is 0 Å². The molecule has 0 aliphatic heterocycles. The predicted octanol–water partition coefficient (Wildman–Crippen LogP) is 6.97. The zero-order valence-corrected chi connectivity index (χ0v) is 15.0. The van der Waals surface area contributed by atoms with Crippen LogP contribution < -0.4 is 0 Å². The molecular weight excluding hydrogens is 300 g/mol. The maximum Gasteiger partial charge on any atom is 0.00815 e. The summed E-state index contributed by atoms with van der Waals surface area (Å²) in [6.07, 6.45) is 14.9. The van der Waals surface area contributed by atoms with Crippen molar-refractivity contribution in [3.05, 3.63) is 95.6 Å². The fourth-order valence-electron chi connectivity index (χ4n) is 4.68. The van der Waals surface area contributed by atoms with Gasteiger partial charge in [0.15, 0.2) is 0 Å². The molecule has 0 saturated heterocycles. The third kappa shape index (κ3) is 2.91. The van der Waals surface area contributed by atoms with Gasteiger partial charge in [-0.2, -0.15) is 0 Å². The van der Waals surface area contributed by atoms with Crippen LogP contribution in [0.5, 0.6) is 0 Å². The fraction of sp³-hybridized carbons (Fsp3) is 0.280. The number of benzene rings is 2. The molecule has 0 radical (unpaired) electrons. The highest BCUT2D eigenvalue weighted by Crippen LogP contribution is 2.52. The number of allylic oxidation sites excluding steroid dienone is 3. The van der Waals surface area contributed by atoms with Crippen LogP contribution in [-0.4, -0.2) is 0 Å². The molecule has 0 aromatic heterocycles. The third-order valence-electron chi connectivity index (χ3n) is 6.06. The molecule has 3 atom stereocenters. The maximum atomic E-state index is 3.97. The van der Waals surface area contributed by atoms with Gasteiger partial charge in [-0.25, -0.2) is 0 Å². The van der Waals surface area contributed by atoms with E-state index in [0.29, 0.717) is 11.8 Å². The summed E-state index contributed by atoms with van der Waals surface area (Å²) in [4.78, 5) is 0. The van der Waals surface area contributed by atoms with Crippen molar-refractivity contribution in [1.29, 1.82) is 0 Å². The van der Waals surface area contributed by atoms with Gasteiger partial charge in [0.25, 0.3) is 0 Å². The Labute approximate surface area is 151 Å². The lowest BCUT2D eigenvalue weighted by atomic mass is 9.66. The van der Waals surface area contributed by atoms with Gasteiger partial charge in [-0.05, 0) is 46.9 Å². The monoisotopic (exact) mass is 326 g/mol. The van der Waals surface area contributed by atoms with Crippen molar-refractivity contribution >= 4 is 12.2 Å². The largest absolute Gasteiger partial charge is 0.103 e. The molecule has 0 heteroatoms. The van der Waals surface area contributed by atoms with E-state index in [4.69, 9.17) is 0 Å². The second kappa shape index (κ2) is 6.52. The summed E-state index contributed by atoms with van der Waals surface area (Å²) in [5.74, 6) is 1.01. The van der Waals surface area contributed by atoms with Crippen molar-refractivity contribution in [3.8, 4) is 0 Å². The SMILES string of the molecule is C=CCCC(C)(CC1C=Cc2ccccc21)C1C=Cc2ccccc21. The number of hydrogen-bond acceptors (Lipinski definition) is 0. The molecule has 0 fully saturated rings. The minimum Gasteiger partial charge on any atom is -0.103 e. The van der Waals surface area contributed by atoms with Crippen molar-refractivity contribution in [2.24, 2.45) is 5.41 Å². The normalized spacial score (nSPS) is 22.4. The summed E-state index contributed by atoms with van der Waals surface area (Å²) in [5.41, 5.74) is 5.98. The molecule has 2 aliphatic rings. The number of fused-ring (bicyclic) bond motifs is 2. The average Bonchev–Trinajstić information content (AvgIpc) is 3.25. The Kier molecular flexibility index (Phi) is 4.21. The molecular formula is C25H26. The molecule has 0 N–H and O–H groups in total. The second-order valence-electron chi connectivity index (χ2n) is 7.75. The van der Waals surface area contributed by atoms with E-state index in [0.717, 1.165) is 6.42 Å². The molecule has 3 unspecified atom stereocenters. The van der Waals surface area contributed by atoms with Gasteiger partial charge in [0, 0.05) is 11.8 Å². The minimum absolute atomic E-state index is 0.226. The summed E-state index contributed by atoms with van der Waals surface area (Å²) >= 11 is 0. The van der Waals surface area contributed by atoms with E-state index in [2.05, 4.69) is 92.4 Å². The van der Waals surface area contributed by atoms with Gasteiger partial charge in [-0.1, -0.05) is 85.8 Å². The lowest BCUT2D eigenvalue weighted by Crippen LogP contribution is -2.26. The Morgan fingerprint density at radius 2 is 1.56 bits per heavy atom. The lowest BCUT2D eigenvalue weighted by molar-refractivity contribution is 0.235. The highest BCUT2D eigenvalue weighted by Gasteiger charge is 2.38. The quantitative estimate of drug-likeness (QED) is 0.503. The van der Waals surface area contributed by atoms with Crippen molar-refractivity contribution in [2.45, 2.75) is 38.0 Å². The van der Waals surface area contributed by atoms with Crippen LogP contribution in [0.4, 0.5) is 0 Å². The first-order chi connectivity index (χ1) is 12.2. The molecule has 25 heavy (non-hydrogen) atoms. The Morgan fingerprint density at radius 1 is 0.920 bits per heavy atom. The van der Waals surface area contributed by atoms with Crippen LogP contribution in [0.25, 0.3) is 12.2 Å². The van der Waals surface area contributed by atoms with Gasteiger partial charge >= 0.3 is 0 Å². The van der Waals surface area contributed by atoms with Gasteiger partial charge in [0.2, 0.25) is 0 Å². The Balaban J connectivity index is 1.66. The third-order valence-corrected chi connectivity index (χ3v) is 6.06. The molecule has 4 rings (SSSR count). The maximum absolute atomic E-state index is 3.97. The average molecular weight is 326 g/mol. The van der Waals surface area contributed by atoms with Crippen molar-refractivity contribution in [3.63, 3.8) is 0 Å². The van der Waals surface area contributed by atoms with Crippen LogP contribution in [0, 0.1) is 5.41 Å². The standard InChI is InChI=1S/C25H26/c1-3-4-17-25(2,24-16-15-20-10-6-8-12-23(20)24)18-21-14-13-19-9-5-7-11-22(19)21/h3,5-16,21,24H,1,4,17-18H2,2H3. The Bertz CT molecular complexity index is 839. The Hall–Kier alpha value is -2.34. The van der Waals surface area contributed by atoms with Gasteiger partial charge in [0.1, 0.15) is 0 Å². The molecule has 0 amide bonds. The molecule has 0 nitrogen and oxygen atoms in total. The first-order valence-electron chi connectivity index (χ1n) is 9.36. The number of rotatable bonds is 6. The topological polar surface area (TPSA) is 0 Å². The summed E-state index contributed by atoms with van der Waals surface area (Å²) in [5, 5.41) is 0. The first-order valence-corrected chi connectivity index (χ1v) is 9.36. The molecule has 126 valence electrons. The van der Waals surface area contributed by atoms with Gasteiger partial charge in [-0.15, -0.1) is 6.58 Å². The van der Waals surface area contributed by atoms with Crippen molar-refractivity contribution in [1.82, 2.24) is 0 Å². The van der Waals surface area contributed by atoms with Crippen LogP contribution in [-0.2, 0) is 0 Å². The summed E-state index contributed by atoms with van der Waals surface area (Å²) in [6.45, 7) is 6.45. The van der Waals surface area contributed by atoms with Crippen LogP contribution in [0.15, 0.2) is 73.3 Å². The molecule has 0 spiro atoms. The second-order valence-corrected chi connectivity index (χ2v) is 7.75. The summed E-state index contributed by atoms with van der Waals surface area (Å²) < 4.78 is 0. The molecule has 0 saturated carbocycles. The van der Waals surface area contributed by atoms with Gasteiger partial charge in [-0.3, -0.25) is 0 Å². The van der Waals surface area contributed by atoms with E-state index in [-0.39, 0.29) is 5.41 Å². The summed E-state index contributed by atoms with van der Waals surface area (Å²) in [6, 6.07) is 17.7. The Morgan fingerprint density at radius 3 is 2.32 bits per heavy atom. The highest BCUT2D eigenvalue weighted by molar-refractivity contribution is 5.64. The van der Waals surface area contributed by atoms with E-state index in [1.54, 1.807) is 0 Å². The smallest absolute Gasteiger partial charge is 0.00815 e. The zero-order chi connectivity index (χ0) is 17.3. The van der Waals surface area contributed by atoms with Crippen LogP contribution in [0.3, 0.4) is 0 Å². The van der Waals surface area contributed by atoms with Gasteiger partial charge in [0.05, 0.1) is 0 Å². The molecule has 2 aromatic carbocycles. The predicted molar refractivity (Wildman–Crippen MR) is 109 cm³/mol. The number of hydrogen-bond donors (Lipinski definition) is 0. The van der Waals surface area contributed by atoms with E-state index in [1.807, 2.05) is 0 Å². The van der Waals surface area contributed by atoms with E-state index in [1.165, 1.54) is 35.1 Å². The minimum atomic E-state index is 0.226. The van der Waals surface area contributed by atoms with Gasteiger partial charge < -0.3 is 0 Å². The zero-order valence-electron chi connectivity index (χ0n) is 15.0. The molecule has 0 heterocycles. The van der Waals surface area contributed by atoms with E-state index < -0.39 is 0 Å². The van der Waals surface area contributed by atoms with Crippen molar-refractivity contribution < 1.29 is 0 Å². The molecule has 2 aromatic rings. The molecule has 2 aliphatic carbocycles. The lowest BCUT2D eigenvalue weighted by Gasteiger charge is -2.38. The first kappa shape index (κ1) is 16.1. The highest BCUT2D eigenvalue weighted by atomic mass is 14.4. The summed E-state index contributed by atoms with van der Waals surface area (Å²) in [7, 11) is 0. The van der Waals surface area contributed by atoms with Crippen LogP contribution >= 0.6 is 0 Å². The van der Waals surface area contributed by atoms with E-state index >= 15 is 0 Å². The fourth-order valence-corrected chi connectivity index (χ4v) is 4.68. The molecule has 0 bridgehead atoms. The van der Waals surface area contributed by atoms with Crippen molar-refractivity contribution in [2.75, 3.05) is 0 Å².